The predicted octanol–water partition coefficient (Wildman–Crippen LogP) is 4.13. The lowest BCUT2D eigenvalue weighted by Crippen LogP contribution is -2.03. The molecule has 0 saturated heterocycles. The van der Waals surface area contributed by atoms with Crippen molar-refractivity contribution in [3.05, 3.63) is 47.3 Å². The van der Waals surface area contributed by atoms with Crippen LogP contribution in [-0.4, -0.2) is 18.1 Å². The summed E-state index contributed by atoms with van der Waals surface area (Å²) in [5, 5.41) is 0. The fraction of sp³-hybridized carbons (Fsp3) is 0.389. The minimum atomic E-state index is -0.277. The van der Waals surface area contributed by atoms with E-state index < -0.39 is 0 Å². The number of hydrogen-bond acceptors (Lipinski definition) is 2. The summed E-state index contributed by atoms with van der Waals surface area (Å²) in [6.07, 6.45) is 6.96. The molecule has 0 aliphatic heterocycles. The van der Waals surface area contributed by atoms with Crippen LogP contribution < -0.4 is 0 Å². The van der Waals surface area contributed by atoms with Gasteiger partial charge in [-0.15, -0.1) is 0 Å². The van der Waals surface area contributed by atoms with E-state index in [4.69, 9.17) is 4.74 Å². The van der Waals surface area contributed by atoms with Crippen LogP contribution in [0.2, 0.25) is 0 Å². The number of benzene rings is 1. The zero-order valence-corrected chi connectivity index (χ0v) is 12.4. The smallest absolute Gasteiger partial charge is 0.355 e. The van der Waals surface area contributed by atoms with E-state index in [2.05, 4.69) is 17.1 Å². The number of methoxy groups -OCH3 is 1. The third-order valence-corrected chi connectivity index (χ3v) is 4.25. The molecule has 3 heteroatoms. The molecule has 1 heterocycles. The fourth-order valence-corrected chi connectivity index (χ4v) is 3.22. The number of H-pyrrole nitrogens is 1. The molecule has 1 aliphatic carbocycles. The largest absolute Gasteiger partial charge is 0.464 e. The molecule has 0 radical (unpaired) electrons. The van der Waals surface area contributed by atoms with Gasteiger partial charge in [-0.1, -0.05) is 43.2 Å². The first-order valence-electron chi connectivity index (χ1n) is 7.68. The van der Waals surface area contributed by atoms with Crippen LogP contribution in [-0.2, 0) is 17.6 Å². The number of aromatic amines is 1. The molecule has 21 heavy (non-hydrogen) atoms. The highest BCUT2D eigenvalue weighted by atomic mass is 16.5. The summed E-state index contributed by atoms with van der Waals surface area (Å²) in [6.45, 7) is 0. The molecule has 0 amide bonds. The van der Waals surface area contributed by atoms with Crippen molar-refractivity contribution in [1.82, 2.24) is 4.98 Å². The van der Waals surface area contributed by atoms with Crippen molar-refractivity contribution in [3.63, 3.8) is 0 Å². The van der Waals surface area contributed by atoms with E-state index in [1.807, 2.05) is 18.2 Å². The van der Waals surface area contributed by atoms with Gasteiger partial charge in [0.15, 0.2) is 0 Å². The van der Waals surface area contributed by atoms with Crippen molar-refractivity contribution in [2.75, 3.05) is 7.11 Å². The van der Waals surface area contributed by atoms with E-state index in [1.165, 1.54) is 44.1 Å². The van der Waals surface area contributed by atoms with Gasteiger partial charge in [-0.25, -0.2) is 4.79 Å². The lowest BCUT2D eigenvalue weighted by Gasteiger charge is -2.11. The zero-order chi connectivity index (χ0) is 14.7. The Balaban J connectivity index is 2.16. The molecule has 1 aliphatic rings. The molecule has 0 spiro atoms. The van der Waals surface area contributed by atoms with E-state index in [0.29, 0.717) is 5.69 Å². The maximum Gasteiger partial charge on any atom is 0.355 e. The van der Waals surface area contributed by atoms with Crippen molar-refractivity contribution < 1.29 is 9.53 Å². The number of fused-ring (bicyclic) bond motifs is 1. The second-order valence-corrected chi connectivity index (χ2v) is 5.60. The normalized spacial score (nSPS) is 14.9. The van der Waals surface area contributed by atoms with Gasteiger partial charge in [0, 0.05) is 11.3 Å². The first-order valence-corrected chi connectivity index (χ1v) is 7.68. The highest BCUT2D eigenvalue weighted by Crippen LogP contribution is 2.34. The van der Waals surface area contributed by atoms with Gasteiger partial charge in [0.25, 0.3) is 0 Å². The number of ether oxygens (including phenoxy) is 1. The van der Waals surface area contributed by atoms with Crippen molar-refractivity contribution in [2.24, 2.45) is 0 Å². The highest BCUT2D eigenvalue weighted by molar-refractivity contribution is 5.97. The van der Waals surface area contributed by atoms with E-state index in [1.54, 1.807) is 0 Å². The maximum absolute atomic E-state index is 12.1. The maximum atomic E-state index is 12.1. The summed E-state index contributed by atoms with van der Waals surface area (Å²) in [5.41, 5.74) is 5.26. The molecular weight excluding hydrogens is 262 g/mol. The molecule has 3 nitrogen and oxygen atoms in total. The molecule has 0 unspecified atom stereocenters. The highest BCUT2D eigenvalue weighted by Gasteiger charge is 2.23. The van der Waals surface area contributed by atoms with Gasteiger partial charge in [-0.2, -0.15) is 0 Å². The molecule has 0 saturated carbocycles. The Hall–Kier alpha value is -2.03. The third kappa shape index (κ3) is 2.73. The van der Waals surface area contributed by atoms with Crippen LogP contribution in [0.25, 0.3) is 11.1 Å². The number of nitrogens with one attached hydrogen (secondary N) is 1. The van der Waals surface area contributed by atoms with Gasteiger partial charge in [-0.3, -0.25) is 0 Å². The number of aromatic nitrogens is 1. The number of hydrogen-bond donors (Lipinski definition) is 1. The SMILES string of the molecule is COC(=O)c1[nH]c2c(c1-c1ccccc1)CCCCCC2. The summed E-state index contributed by atoms with van der Waals surface area (Å²) in [6, 6.07) is 10.2. The Morgan fingerprint density at radius 1 is 1.05 bits per heavy atom. The summed E-state index contributed by atoms with van der Waals surface area (Å²) in [4.78, 5) is 15.5. The number of carbonyl (C=O) groups is 1. The van der Waals surface area contributed by atoms with E-state index in [9.17, 15) is 4.79 Å². The Kier molecular flexibility index (Phi) is 4.09. The standard InChI is InChI=1S/C18H21NO2/c1-21-18(20)17-16(13-9-5-4-6-10-13)14-11-7-2-3-8-12-15(14)19-17/h4-6,9-10,19H,2-3,7-8,11-12H2,1H3. The van der Waals surface area contributed by atoms with Crippen LogP contribution in [0, 0.1) is 0 Å². The molecule has 1 N–H and O–H groups in total. The van der Waals surface area contributed by atoms with Crippen molar-refractivity contribution in [1.29, 1.82) is 0 Å². The minimum absolute atomic E-state index is 0.277. The number of esters is 1. The van der Waals surface area contributed by atoms with Crippen LogP contribution in [0.15, 0.2) is 30.3 Å². The average molecular weight is 283 g/mol. The molecule has 0 bridgehead atoms. The lowest BCUT2D eigenvalue weighted by molar-refractivity contribution is 0.0595. The average Bonchev–Trinajstić information content (AvgIpc) is 2.85. The molecule has 0 atom stereocenters. The molecule has 3 rings (SSSR count). The first kappa shape index (κ1) is 13.9. The van der Waals surface area contributed by atoms with E-state index >= 15 is 0 Å². The second kappa shape index (κ2) is 6.17. The van der Waals surface area contributed by atoms with E-state index in [0.717, 1.165) is 24.0 Å². The first-order chi connectivity index (χ1) is 10.3. The van der Waals surface area contributed by atoms with Crippen LogP contribution in [0.5, 0.6) is 0 Å². The van der Waals surface area contributed by atoms with Gasteiger partial charge < -0.3 is 9.72 Å². The van der Waals surface area contributed by atoms with Gasteiger partial charge >= 0.3 is 5.97 Å². The Morgan fingerprint density at radius 2 is 1.76 bits per heavy atom. The lowest BCUT2D eigenvalue weighted by atomic mass is 9.92. The molecule has 110 valence electrons. The zero-order valence-electron chi connectivity index (χ0n) is 12.4. The number of rotatable bonds is 2. The molecule has 0 fully saturated rings. The number of carbonyl (C=O) groups excluding carboxylic acids is 1. The van der Waals surface area contributed by atoms with E-state index in [-0.39, 0.29) is 5.97 Å². The second-order valence-electron chi connectivity index (χ2n) is 5.60. The molecule has 1 aromatic carbocycles. The van der Waals surface area contributed by atoms with Gasteiger partial charge in [-0.05, 0) is 36.8 Å². The summed E-state index contributed by atoms with van der Waals surface area (Å²) in [5.74, 6) is -0.277. The Morgan fingerprint density at radius 3 is 2.48 bits per heavy atom. The van der Waals surface area contributed by atoms with Crippen LogP contribution in [0.1, 0.15) is 47.4 Å². The van der Waals surface area contributed by atoms with Crippen LogP contribution in [0.4, 0.5) is 0 Å². The van der Waals surface area contributed by atoms with Crippen molar-refractivity contribution in [2.45, 2.75) is 38.5 Å². The third-order valence-electron chi connectivity index (χ3n) is 4.25. The quantitative estimate of drug-likeness (QED) is 0.842. The molecule has 1 aromatic heterocycles. The molecule has 2 aromatic rings. The van der Waals surface area contributed by atoms with Crippen LogP contribution in [0.3, 0.4) is 0 Å². The number of aryl methyl sites for hydroxylation is 1. The van der Waals surface area contributed by atoms with Gasteiger partial charge in [0.1, 0.15) is 5.69 Å². The monoisotopic (exact) mass is 283 g/mol. The van der Waals surface area contributed by atoms with Crippen molar-refractivity contribution >= 4 is 5.97 Å². The Bertz CT molecular complexity index is 628. The van der Waals surface area contributed by atoms with Crippen LogP contribution >= 0.6 is 0 Å². The topological polar surface area (TPSA) is 42.1 Å². The van der Waals surface area contributed by atoms with Crippen molar-refractivity contribution in [3.8, 4) is 11.1 Å². The summed E-state index contributed by atoms with van der Waals surface area (Å²) >= 11 is 0. The molecular formula is C18H21NO2. The van der Waals surface area contributed by atoms with Gasteiger partial charge in [0.2, 0.25) is 0 Å². The summed E-state index contributed by atoms with van der Waals surface area (Å²) in [7, 11) is 1.44. The minimum Gasteiger partial charge on any atom is -0.464 e. The Labute approximate surface area is 125 Å². The fourth-order valence-electron chi connectivity index (χ4n) is 3.22. The summed E-state index contributed by atoms with van der Waals surface area (Å²) < 4.78 is 4.97. The predicted molar refractivity (Wildman–Crippen MR) is 83.4 cm³/mol. The van der Waals surface area contributed by atoms with Gasteiger partial charge in [0.05, 0.1) is 7.11 Å².